The van der Waals surface area contributed by atoms with Gasteiger partial charge in [0.1, 0.15) is 0 Å². The Morgan fingerprint density at radius 2 is 1.92 bits per heavy atom. The maximum Gasteiger partial charge on any atom is 0.224 e. The number of fused-ring (bicyclic) bond motifs is 1. The van der Waals surface area contributed by atoms with Gasteiger partial charge in [-0.15, -0.1) is 0 Å². The van der Waals surface area contributed by atoms with Gasteiger partial charge in [0.2, 0.25) is 5.91 Å². The fourth-order valence-corrected chi connectivity index (χ4v) is 3.27. The van der Waals surface area contributed by atoms with Crippen molar-refractivity contribution in [2.75, 3.05) is 39.4 Å². The number of amides is 1. The van der Waals surface area contributed by atoms with Gasteiger partial charge < -0.3 is 15.2 Å². The van der Waals surface area contributed by atoms with Crippen LogP contribution in [0.25, 0.3) is 10.8 Å². The van der Waals surface area contributed by atoms with Gasteiger partial charge in [0.05, 0.1) is 25.2 Å². The lowest BCUT2D eigenvalue weighted by molar-refractivity contribution is -0.121. The van der Waals surface area contributed by atoms with Gasteiger partial charge in [-0.2, -0.15) is 0 Å². The van der Waals surface area contributed by atoms with Crippen LogP contribution < -0.4 is 5.32 Å². The van der Waals surface area contributed by atoms with Crippen molar-refractivity contribution in [3.05, 3.63) is 48.0 Å². The van der Waals surface area contributed by atoms with E-state index in [1.54, 1.807) is 6.92 Å². The number of morpholine rings is 1. The maximum atomic E-state index is 12.3. The van der Waals surface area contributed by atoms with Gasteiger partial charge in [0.25, 0.3) is 0 Å². The summed E-state index contributed by atoms with van der Waals surface area (Å²) < 4.78 is 5.32. The highest BCUT2D eigenvalue weighted by molar-refractivity contribution is 5.90. The van der Waals surface area contributed by atoms with Crippen molar-refractivity contribution < 1.29 is 14.6 Å². The summed E-state index contributed by atoms with van der Waals surface area (Å²) in [6.45, 7) is 5.58. The Hall–Kier alpha value is -1.95. The van der Waals surface area contributed by atoms with Crippen molar-refractivity contribution in [2.45, 2.75) is 18.9 Å². The summed E-state index contributed by atoms with van der Waals surface area (Å²) in [5.74, 6) is -0.0707. The van der Waals surface area contributed by atoms with Crippen molar-refractivity contribution in [1.29, 1.82) is 0 Å². The van der Waals surface area contributed by atoms with Gasteiger partial charge in [-0.25, -0.2) is 0 Å². The number of hydrogen-bond donors (Lipinski definition) is 2. The molecular formula is C20H26N2O3. The molecular weight excluding hydrogens is 316 g/mol. The normalized spacial score (nSPS) is 18.0. The molecule has 1 heterocycles. The van der Waals surface area contributed by atoms with E-state index >= 15 is 0 Å². The minimum atomic E-state index is -0.953. The smallest absolute Gasteiger partial charge is 0.224 e. The Balaban J connectivity index is 1.55. The monoisotopic (exact) mass is 342 g/mol. The first kappa shape index (κ1) is 17.9. The average molecular weight is 342 g/mol. The van der Waals surface area contributed by atoms with Crippen molar-refractivity contribution in [3.8, 4) is 0 Å². The molecule has 1 atom stereocenters. The van der Waals surface area contributed by atoms with E-state index in [1.165, 1.54) is 0 Å². The topological polar surface area (TPSA) is 61.8 Å². The fourth-order valence-electron chi connectivity index (χ4n) is 3.27. The Morgan fingerprint density at radius 1 is 1.20 bits per heavy atom. The van der Waals surface area contributed by atoms with Crippen molar-refractivity contribution in [1.82, 2.24) is 10.2 Å². The largest absolute Gasteiger partial charge is 0.387 e. The third kappa shape index (κ3) is 5.01. The summed E-state index contributed by atoms with van der Waals surface area (Å²) in [6.07, 6.45) is 0.314. The van der Waals surface area contributed by atoms with Crippen LogP contribution in [0.4, 0.5) is 0 Å². The van der Waals surface area contributed by atoms with Crippen LogP contribution >= 0.6 is 0 Å². The van der Waals surface area contributed by atoms with E-state index in [4.69, 9.17) is 4.74 Å². The highest BCUT2D eigenvalue weighted by atomic mass is 16.5. The summed E-state index contributed by atoms with van der Waals surface area (Å²) >= 11 is 0. The summed E-state index contributed by atoms with van der Waals surface area (Å²) in [5.41, 5.74) is 0.0505. The van der Waals surface area contributed by atoms with Gasteiger partial charge >= 0.3 is 0 Å². The molecule has 5 nitrogen and oxygen atoms in total. The first-order chi connectivity index (χ1) is 12.0. The van der Waals surface area contributed by atoms with E-state index < -0.39 is 5.60 Å². The van der Waals surface area contributed by atoms with Crippen LogP contribution in [0, 0.1) is 0 Å². The van der Waals surface area contributed by atoms with E-state index in [2.05, 4.69) is 10.2 Å². The summed E-state index contributed by atoms with van der Waals surface area (Å²) in [7, 11) is 0. The molecule has 2 aromatic rings. The molecule has 2 aromatic carbocycles. The molecule has 1 aliphatic heterocycles. The molecule has 0 spiro atoms. The zero-order valence-electron chi connectivity index (χ0n) is 14.7. The predicted molar refractivity (Wildman–Crippen MR) is 98.5 cm³/mol. The lowest BCUT2D eigenvalue weighted by atomic mass is 10.0. The van der Waals surface area contributed by atoms with Gasteiger partial charge in [-0.3, -0.25) is 9.69 Å². The third-order valence-corrected chi connectivity index (χ3v) is 4.57. The molecule has 1 saturated heterocycles. The molecule has 5 heteroatoms. The SMILES string of the molecule is CC(O)(CNC(=O)Cc1cccc2ccccc12)CN1CCOCC1. The second-order valence-electron chi connectivity index (χ2n) is 6.98. The molecule has 25 heavy (non-hydrogen) atoms. The first-order valence-electron chi connectivity index (χ1n) is 8.79. The van der Waals surface area contributed by atoms with Gasteiger partial charge in [0, 0.05) is 26.2 Å². The van der Waals surface area contributed by atoms with E-state index in [9.17, 15) is 9.90 Å². The Labute approximate surface area is 148 Å². The lowest BCUT2D eigenvalue weighted by Gasteiger charge is -2.33. The number of aliphatic hydroxyl groups is 1. The molecule has 0 radical (unpaired) electrons. The summed E-state index contributed by atoms with van der Waals surface area (Å²) in [5, 5.41) is 15.7. The number of β-amino-alcohol motifs (C(OH)–C–C–N with tert-alkyl or cyclic N) is 1. The number of nitrogens with zero attached hydrogens (tertiary/aromatic N) is 1. The van der Waals surface area contributed by atoms with Crippen LogP contribution in [0.5, 0.6) is 0 Å². The molecule has 0 bridgehead atoms. The second kappa shape index (κ2) is 7.95. The van der Waals surface area contributed by atoms with Crippen LogP contribution in [0.1, 0.15) is 12.5 Å². The molecule has 1 fully saturated rings. The Bertz CT molecular complexity index is 718. The molecule has 3 rings (SSSR count). The molecule has 2 N–H and O–H groups in total. The standard InChI is InChI=1S/C20H26N2O3/c1-20(24,15-22-9-11-25-12-10-22)14-21-19(23)13-17-7-4-6-16-5-2-3-8-18(16)17/h2-8,24H,9-15H2,1H3,(H,21,23). The lowest BCUT2D eigenvalue weighted by Crippen LogP contribution is -2.51. The number of carbonyl (C=O) groups excluding carboxylic acids is 1. The molecule has 0 aromatic heterocycles. The molecule has 1 amide bonds. The molecule has 0 aliphatic carbocycles. The average Bonchev–Trinajstić information content (AvgIpc) is 2.61. The van der Waals surface area contributed by atoms with Crippen LogP contribution in [-0.4, -0.2) is 60.9 Å². The van der Waals surface area contributed by atoms with Crippen LogP contribution in [0.2, 0.25) is 0 Å². The maximum absolute atomic E-state index is 12.3. The quantitative estimate of drug-likeness (QED) is 0.837. The minimum Gasteiger partial charge on any atom is -0.387 e. The van der Waals surface area contributed by atoms with Crippen molar-refractivity contribution in [2.24, 2.45) is 0 Å². The van der Waals surface area contributed by atoms with E-state index in [-0.39, 0.29) is 12.5 Å². The molecule has 0 saturated carbocycles. The predicted octanol–water partition coefficient (Wildman–Crippen LogP) is 1.58. The molecule has 134 valence electrons. The Morgan fingerprint density at radius 3 is 2.72 bits per heavy atom. The highest BCUT2D eigenvalue weighted by Crippen LogP contribution is 2.19. The number of benzene rings is 2. The zero-order valence-corrected chi connectivity index (χ0v) is 14.7. The van der Waals surface area contributed by atoms with Crippen LogP contribution in [0.15, 0.2) is 42.5 Å². The number of rotatable bonds is 6. The second-order valence-corrected chi connectivity index (χ2v) is 6.98. The number of nitrogens with one attached hydrogen (secondary N) is 1. The number of carbonyl (C=O) groups is 1. The van der Waals surface area contributed by atoms with Crippen LogP contribution in [-0.2, 0) is 16.0 Å². The van der Waals surface area contributed by atoms with Gasteiger partial charge in [-0.05, 0) is 23.3 Å². The zero-order chi connectivity index (χ0) is 17.7. The van der Waals surface area contributed by atoms with Crippen molar-refractivity contribution in [3.63, 3.8) is 0 Å². The third-order valence-electron chi connectivity index (χ3n) is 4.57. The van der Waals surface area contributed by atoms with Gasteiger partial charge in [0.15, 0.2) is 0 Å². The Kier molecular flexibility index (Phi) is 5.68. The van der Waals surface area contributed by atoms with Gasteiger partial charge in [-0.1, -0.05) is 42.5 Å². The fraction of sp³-hybridized carbons (Fsp3) is 0.450. The minimum absolute atomic E-state index is 0.0707. The summed E-state index contributed by atoms with van der Waals surface area (Å²) in [6, 6.07) is 14.1. The van der Waals surface area contributed by atoms with Crippen molar-refractivity contribution >= 4 is 16.7 Å². The first-order valence-corrected chi connectivity index (χ1v) is 8.79. The van der Waals surface area contributed by atoms with E-state index in [0.29, 0.717) is 26.2 Å². The number of hydrogen-bond acceptors (Lipinski definition) is 4. The molecule has 1 aliphatic rings. The van der Waals surface area contributed by atoms with Crippen LogP contribution in [0.3, 0.4) is 0 Å². The highest BCUT2D eigenvalue weighted by Gasteiger charge is 2.25. The summed E-state index contributed by atoms with van der Waals surface area (Å²) in [4.78, 5) is 14.5. The number of ether oxygens (including phenoxy) is 1. The van der Waals surface area contributed by atoms with E-state index in [1.807, 2.05) is 42.5 Å². The molecule has 1 unspecified atom stereocenters. The van der Waals surface area contributed by atoms with E-state index in [0.717, 1.165) is 29.4 Å².